The smallest absolute Gasteiger partial charge is 0.255 e. The lowest BCUT2D eigenvalue weighted by Crippen LogP contribution is -2.49. The Hall–Kier alpha value is -3.96. The van der Waals surface area contributed by atoms with Crippen LogP contribution in [-0.2, 0) is 11.2 Å². The number of benzene rings is 2. The molecule has 1 aliphatic rings. The van der Waals surface area contributed by atoms with Crippen molar-refractivity contribution in [3.63, 3.8) is 0 Å². The fraction of sp³-hybridized carbons (Fsp3) is 0.333. The number of aromatic nitrogens is 1. The Bertz CT molecular complexity index is 1360. The molecule has 2 N–H and O–H groups in total. The number of anilines is 1. The molecule has 1 fully saturated rings. The van der Waals surface area contributed by atoms with Gasteiger partial charge >= 0.3 is 0 Å². The number of amides is 2. The van der Waals surface area contributed by atoms with Crippen LogP contribution in [0.15, 0.2) is 60.7 Å². The standard InChI is InChI=1S/C30H31ClFN5O2/c31-15-13-28(38)37-17-4-3-9-24(37)20-35-30(39)26-11-12-27(25-10-2-1-7-22(25)19-33)36-29(26)34-16-14-21-6-5-8-23(32)18-21/h1-2,5-8,10-12,18,24H,3-4,9,13-17,20H2,(H,34,36)(H,35,39)/t24-/m1/s1. The second kappa shape index (κ2) is 13.7. The van der Waals surface area contributed by atoms with Crippen molar-refractivity contribution in [2.24, 2.45) is 0 Å². The summed E-state index contributed by atoms with van der Waals surface area (Å²) in [5.74, 6) is 0.0263. The molecule has 202 valence electrons. The molecule has 2 aromatic carbocycles. The van der Waals surface area contributed by atoms with Crippen molar-refractivity contribution < 1.29 is 14.0 Å². The summed E-state index contributed by atoms with van der Waals surface area (Å²) in [5, 5.41) is 15.8. The van der Waals surface area contributed by atoms with Gasteiger partial charge in [-0.15, -0.1) is 11.6 Å². The Balaban J connectivity index is 1.54. The van der Waals surface area contributed by atoms with E-state index in [0.29, 0.717) is 54.3 Å². The Morgan fingerprint density at radius 3 is 2.77 bits per heavy atom. The third kappa shape index (κ3) is 7.33. The number of hydrogen-bond acceptors (Lipinski definition) is 5. The van der Waals surface area contributed by atoms with E-state index in [-0.39, 0.29) is 36.0 Å². The zero-order valence-electron chi connectivity index (χ0n) is 21.6. The van der Waals surface area contributed by atoms with Gasteiger partial charge in [0.15, 0.2) is 0 Å². The molecular weight excluding hydrogens is 517 g/mol. The number of nitrogens with zero attached hydrogens (tertiary/aromatic N) is 3. The minimum absolute atomic E-state index is 0.00540. The van der Waals surface area contributed by atoms with Gasteiger partial charge in [0, 0.05) is 43.5 Å². The first kappa shape index (κ1) is 28.1. The summed E-state index contributed by atoms with van der Waals surface area (Å²) in [6.45, 7) is 1.41. The van der Waals surface area contributed by atoms with Gasteiger partial charge in [-0.1, -0.05) is 30.3 Å². The number of carbonyl (C=O) groups excluding carboxylic acids is 2. The predicted octanol–water partition coefficient (Wildman–Crippen LogP) is 5.15. The largest absolute Gasteiger partial charge is 0.369 e. The summed E-state index contributed by atoms with van der Waals surface area (Å²) in [6.07, 6.45) is 3.55. The number of nitriles is 1. The van der Waals surface area contributed by atoms with Gasteiger partial charge in [0.1, 0.15) is 11.6 Å². The van der Waals surface area contributed by atoms with Crippen molar-refractivity contribution in [3.8, 4) is 17.3 Å². The highest BCUT2D eigenvalue weighted by atomic mass is 35.5. The van der Waals surface area contributed by atoms with Gasteiger partial charge in [-0.2, -0.15) is 5.26 Å². The normalized spacial score (nSPS) is 14.9. The van der Waals surface area contributed by atoms with Crippen LogP contribution < -0.4 is 10.6 Å². The van der Waals surface area contributed by atoms with E-state index in [0.717, 1.165) is 24.8 Å². The number of pyridine rings is 1. The zero-order chi connectivity index (χ0) is 27.6. The third-order valence-electron chi connectivity index (χ3n) is 6.81. The molecule has 4 rings (SSSR count). The number of rotatable bonds is 10. The van der Waals surface area contributed by atoms with E-state index < -0.39 is 0 Å². The van der Waals surface area contributed by atoms with Crippen LogP contribution >= 0.6 is 11.6 Å². The van der Waals surface area contributed by atoms with Crippen LogP contribution in [0.4, 0.5) is 10.2 Å². The maximum atomic E-state index is 13.6. The minimum atomic E-state index is -0.314. The molecule has 0 spiro atoms. The summed E-state index contributed by atoms with van der Waals surface area (Å²) < 4.78 is 13.6. The lowest BCUT2D eigenvalue weighted by Gasteiger charge is -2.36. The van der Waals surface area contributed by atoms with Crippen LogP contribution in [0.3, 0.4) is 0 Å². The van der Waals surface area contributed by atoms with Gasteiger partial charge in [0.2, 0.25) is 5.91 Å². The molecule has 0 aliphatic carbocycles. The van der Waals surface area contributed by atoms with E-state index in [1.165, 1.54) is 12.1 Å². The van der Waals surface area contributed by atoms with E-state index in [9.17, 15) is 19.2 Å². The van der Waals surface area contributed by atoms with Gasteiger partial charge in [-0.25, -0.2) is 9.37 Å². The van der Waals surface area contributed by atoms with Crippen LogP contribution in [0, 0.1) is 17.1 Å². The molecule has 1 aliphatic heterocycles. The van der Waals surface area contributed by atoms with Gasteiger partial charge in [-0.3, -0.25) is 9.59 Å². The average molecular weight is 548 g/mol. The molecule has 1 aromatic heterocycles. The van der Waals surface area contributed by atoms with E-state index in [2.05, 4.69) is 16.7 Å². The van der Waals surface area contributed by atoms with E-state index in [4.69, 9.17) is 16.6 Å². The lowest BCUT2D eigenvalue weighted by molar-refractivity contribution is -0.134. The lowest BCUT2D eigenvalue weighted by atomic mass is 10.0. The minimum Gasteiger partial charge on any atom is -0.369 e. The molecule has 0 radical (unpaired) electrons. The number of halogens is 2. The predicted molar refractivity (Wildman–Crippen MR) is 150 cm³/mol. The highest BCUT2D eigenvalue weighted by molar-refractivity contribution is 6.18. The molecule has 3 aromatic rings. The van der Waals surface area contributed by atoms with Crippen LogP contribution in [-0.4, -0.2) is 53.3 Å². The van der Waals surface area contributed by atoms with Crippen LogP contribution in [0.1, 0.15) is 47.2 Å². The van der Waals surface area contributed by atoms with Crippen LogP contribution in [0.5, 0.6) is 0 Å². The Morgan fingerprint density at radius 1 is 1.13 bits per heavy atom. The van der Waals surface area contributed by atoms with Crippen molar-refractivity contribution in [1.29, 1.82) is 5.26 Å². The highest BCUT2D eigenvalue weighted by Gasteiger charge is 2.27. The molecule has 1 atom stereocenters. The van der Waals surface area contributed by atoms with Crippen molar-refractivity contribution in [2.75, 3.05) is 30.8 Å². The van der Waals surface area contributed by atoms with Crippen LogP contribution in [0.2, 0.25) is 0 Å². The molecule has 2 amide bonds. The summed E-state index contributed by atoms with van der Waals surface area (Å²) in [4.78, 5) is 32.4. The summed E-state index contributed by atoms with van der Waals surface area (Å²) in [7, 11) is 0. The average Bonchev–Trinajstić information content (AvgIpc) is 2.96. The van der Waals surface area contributed by atoms with Crippen molar-refractivity contribution in [3.05, 3.63) is 83.2 Å². The first-order chi connectivity index (χ1) is 19.0. The zero-order valence-corrected chi connectivity index (χ0v) is 22.4. The second-order valence-electron chi connectivity index (χ2n) is 9.44. The molecule has 0 bridgehead atoms. The van der Waals surface area contributed by atoms with Gasteiger partial charge in [0.25, 0.3) is 5.91 Å². The topological polar surface area (TPSA) is 98.1 Å². The SMILES string of the molecule is N#Cc1ccccc1-c1ccc(C(=O)NC[C@H]2CCCCN2C(=O)CCCl)c(NCCc2cccc(F)c2)n1. The molecule has 1 saturated heterocycles. The molecule has 0 saturated carbocycles. The van der Waals surface area contributed by atoms with E-state index in [1.807, 2.05) is 23.1 Å². The fourth-order valence-corrected chi connectivity index (χ4v) is 4.98. The molecule has 0 unspecified atom stereocenters. The van der Waals surface area contributed by atoms with Crippen molar-refractivity contribution in [1.82, 2.24) is 15.2 Å². The fourth-order valence-electron chi connectivity index (χ4n) is 4.82. The molecule has 9 heteroatoms. The van der Waals surface area contributed by atoms with Crippen molar-refractivity contribution in [2.45, 2.75) is 38.1 Å². The number of likely N-dealkylation sites (tertiary alicyclic amines) is 1. The first-order valence-corrected chi connectivity index (χ1v) is 13.7. The number of alkyl halides is 1. The van der Waals surface area contributed by atoms with Gasteiger partial charge in [-0.05, 0) is 61.6 Å². The van der Waals surface area contributed by atoms with E-state index >= 15 is 0 Å². The van der Waals surface area contributed by atoms with Gasteiger partial charge in [0.05, 0.1) is 22.9 Å². The maximum Gasteiger partial charge on any atom is 0.255 e. The summed E-state index contributed by atoms with van der Waals surface area (Å²) >= 11 is 5.79. The first-order valence-electron chi connectivity index (χ1n) is 13.1. The summed E-state index contributed by atoms with van der Waals surface area (Å²) in [6, 6.07) is 19.0. The molecule has 2 heterocycles. The summed E-state index contributed by atoms with van der Waals surface area (Å²) in [5.41, 5.74) is 2.87. The molecular formula is C30H31ClFN5O2. The molecule has 39 heavy (non-hydrogen) atoms. The quantitative estimate of drug-likeness (QED) is 0.342. The highest BCUT2D eigenvalue weighted by Crippen LogP contribution is 2.25. The number of nitrogens with one attached hydrogen (secondary N) is 2. The Kier molecular flexibility index (Phi) is 9.87. The monoisotopic (exact) mass is 547 g/mol. The number of piperidine rings is 1. The Morgan fingerprint density at radius 2 is 1.97 bits per heavy atom. The third-order valence-corrected chi connectivity index (χ3v) is 7.00. The second-order valence-corrected chi connectivity index (χ2v) is 9.82. The van der Waals surface area contributed by atoms with Gasteiger partial charge < -0.3 is 15.5 Å². The van der Waals surface area contributed by atoms with E-state index in [1.54, 1.807) is 30.3 Å². The van der Waals surface area contributed by atoms with Crippen molar-refractivity contribution >= 4 is 29.2 Å². The number of carbonyl (C=O) groups is 2. The maximum absolute atomic E-state index is 13.6. The number of hydrogen-bond donors (Lipinski definition) is 2. The van der Waals surface area contributed by atoms with Crippen LogP contribution in [0.25, 0.3) is 11.3 Å². The Labute approximate surface area is 233 Å². The molecule has 7 nitrogen and oxygen atoms in total.